The van der Waals surface area contributed by atoms with Crippen molar-refractivity contribution in [3.05, 3.63) is 0 Å². The summed E-state index contributed by atoms with van der Waals surface area (Å²) in [7, 11) is 5.98. The molecule has 1 amide bonds. The normalized spacial score (nSPS) is 24.9. The molecular formula is C12H23N2O3+. The molecule has 1 N–H and O–H groups in total. The minimum Gasteiger partial charge on any atom is -0.461 e. The van der Waals surface area contributed by atoms with E-state index < -0.39 is 5.54 Å². The predicted molar refractivity (Wildman–Crippen MR) is 64.2 cm³/mol. The molecule has 0 saturated carbocycles. The lowest BCUT2D eigenvalue weighted by Gasteiger charge is -2.35. The summed E-state index contributed by atoms with van der Waals surface area (Å²) in [6.07, 6.45) is 0.754. The van der Waals surface area contributed by atoms with Crippen molar-refractivity contribution in [2.45, 2.75) is 38.3 Å². The van der Waals surface area contributed by atoms with Crippen LogP contribution < -0.4 is 5.32 Å². The summed E-state index contributed by atoms with van der Waals surface area (Å²) in [4.78, 5) is 23.6. The molecule has 0 aromatic rings. The summed E-state index contributed by atoms with van der Waals surface area (Å²) < 4.78 is 5.87. The summed E-state index contributed by atoms with van der Waals surface area (Å²) >= 11 is 0. The largest absolute Gasteiger partial charge is 0.461 e. The number of hydrogen-bond acceptors (Lipinski definition) is 3. The highest BCUT2D eigenvalue weighted by Crippen LogP contribution is 2.24. The lowest BCUT2D eigenvalue weighted by molar-refractivity contribution is -0.873. The second-order valence-electron chi connectivity index (χ2n) is 6.03. The molecule has 0 radical (unpaired) electrons. The van der Waals surface area contributed by atoms with Crippen molar-refractivity contribution in [3.8, 4) is 0 Å². The molecule has 1 aliphatic heterocycles. The van der Waals surface area contributed by atoms with E-state index in [9.17, 15) is 9.59 Å². The number of carbonyl (C=O) groups excluding carboxylic acids is 2. The molecule has 98 valence electrons. The third-order valence-corrected chi connectivity index (χ3v) is 2.64. The van der Waals surface area contributed by atoms with Gasteiger partial charge in [-0.2, -0.15) is 0 Å². The van der Waals surface area contributed by atoms with Gasteiger partial charge in [-0.05, 0) is 20.3 Å². The average molecular weight is 243 g/mol. The summed E-state index contributed by atoms with van der Waals surface area (Å²) in [6.45, 7) is 4.17. The Balaban J connectivity index is 2.87. The maximum Gasteiger partial charge on any atom is 0.338 e. The van der Waals surface area contributed by atoms with Crippen LogP contribution in [0, 0.1) is 0 Å². The van der Waals surface area contributed by atoms with E-state index in [0.717, 1.165) is 0 Å². The Kier molecular flexibility index (Phi) is 3.81. The quantitative estimate of drug-likeness (QED) is 0.570. The van der Waals surface area contributed by atoms with E-state index >= 15 is 0 Å². The fraction of sp³-hybridized carbons (Fsp3) is 0.833. The smallest absolute Gasteiger partial charge is 0.338 e. The summed E-state index contributed by atoms with van der Waals surface area (Å²) in [6, 6.07) is 0. The molecular weight excluding hydrogens is 220 g/mol. The van der Waals surface area contributed by atoms with Gasteiger partial charge in [0.25, 0.3) is 0 Å². The third-order valence-electron chi connectivity index (χ3n) is 2.64. The van der Waals surface area contributed by atoms with Gasteiger partial charge in [0.05, 0.1) is 27.2 Å². The Morgan fingerprint density at radius 1 is 1.47 bits per heavy atom. The maximum absolute atomic E-state index is 12.2. The number of ether oxygens (including phenoxy) is 1. The van der Waals surface area contributed by atoms with Gasteiger partial charge in [-0.25, -0.2) is 4.79 Å². The Bertz CT molecular complexity index is 320. The van der Waals surface area contributed by atoms with Crippen LogP contribution in [0.3, 0.4) is 0 Å². The van der Waals surface area contributed by atoms with Gasteiger partial charge < -0.3 is 14.5 Å². The Labute approximate surface area is 103 Å². The molecule has 1 aliphatic rings. The molecule has 0 bridgehead atoms. The van der Waals surface area contributed by atoms with Crippen LogP contribution in [-0.4, -0.2) is 55.7 Å². The summed E-state index contributed by atoms with van der Waals surface area (Å²) in [5.41, 5.74) is -0.848. The van der Waals surface area contributed by atoms with Crippen LogP contribution >= 0.6 is 0 Å². The molecule has 5 heteroatoms. The van der Waals surface area contributed by atoms with Crippen LogP contribution in [0.5, 0.6) is 0 Å². The molecule has 0 unspecified atom stereocenters. The van der Waals surface area contributed by atoms with Crippen molar-refractivity contribution < 1.29 is 18.8 Å². The standard InChI is InChI=1S/C12H22N2O3/c1-9(2)17-11(16)12(8-14(3,4)5)7-6-10(15)13-12/h9H,6-8H2,1-5H3/p+1/t12-/m1/s1. The first kappa shape index (κ1) is 14.0. The molecule has 0 spiro atoms. The van der Waals surface area contributed by atoms with Crippen LogP contribution in [0.1, 0.15) is 26.7 Å². The van der Waals surface area contributed by atoms with Crippen molar-refractivity contribution >= 4 is 11.9 Å². The van der Waals surface area contributed by atoms with Crippen molar-refractivity contribution in [3.63, 3.8) is 0 Å². The number of amides is 1. The second kappa shape index (κ2) is 4.64. The fourth-order valence-electron chi connectivity index (χ4n) is 2.19. The number of nitrogens with one attached hydrogen (secondary N) is 1. The fourth-order valence-corrected chi connectivity index (χ4v) is 2.19. The van der Waals surface area contributed by atoms with E-state index in [2.05, 4.69) is 5.32 Å². The van der Waals surface area contributed by atoms with Crippen molar-refractivity contribution in [1.82, 2.24) is 5.32 Å². The van der Waals surface area contributed by atoms with Crippen molar-refractivity contribution in [2.75, 3.05) is 27.7 Å². The van der Waals surface area contributed by atoms with E-state index in [0.29, 0.717) is 23.9 Å². The molecule has 0 aromatic carbocycles. The highest BCUT2D eigenvalue weighted by molar-refractivity contribution is 5.92. The summed E-state index contributed by atoms with van der Waals surface area (Å²) in [5, 5.41) is 2.80. The average Bonchev–Trinajstić information content (AvgIpc) is 2.44. The monoisotopic (exact) mass is 243 g/mol. The first-order valence-corrected chi connectivity index (χ1v) is 5.97. The zero-order valence-electron chi connectivity index (χ0n) is 11.4. The third kappa shape index (κ3) is 3.70. The van der Waals surface area contributed by atoms with Crippen molar-refractivity contribution in [2.24, 2.45) is 0 Å². The topological polar surface area (TPSA) is 55.4 Å². The first-order chi connectivity index (χ1) is 7.65. The lowest BCUT2D eigenvalue weighted by Crippen LogP contribution is -2.60. The number of esters is 1. The molecule has 1 fully saturated rings. The first-order valence-electron chi connectivity index (χ1n) is 5.97. The number of nitrogens with zero attached hydrogens (tertiary/aromatic N) is 1. The number of likely N-dealkylation sites (N-methyl/N-ethyl adjacent to an activating group) is 1. The number of rotatable bonds is 4. The number of quaternary nitrogens is 1. The van der Waals surface area contributed by atoms with E-state index in [4.69, 9.17) is 4.74 Å². The zero-order chi connectivity index (χ0) is 13.3. The Morgan fingerprint density at radius 2 is 2.06 bits per heavy atom. The van der Waals surface area contributed by atoms with Gasteiger partial charge in [-0.3, -0.25) is 4.79 Å². The molecule has 0 aliphatic carbocycles. The molecule has 0 aromatic heterocycles. The van der Waals surface area contributed by atoms with Gasteiger partial charge in [0.1, 0.15) is 6.54 Å². The molecule has 5 nitrogen and oxygen atoms in total. The maximum atomic E-state index is 12.2. The second-order valence-corrected chi connectivity index (χ2v) is 6.03. The van der Waals surface area contributed by atoms with Gasteiger partial charge in [-0.1, -0.05) is 0 Å². The number of carbonyl (C=O) groups is 2. The number of hydrogen-bond donors (Lipinski definition) is 1. The molecule has 1 atom stereocenters. The van der Waals surface area contributed by atoms with Crippen LogP contribution in [0.4, 0.5) is 0 Å². The molecule has 1 heterocycles. The zero-order valence-corrected chi connectivity index (χ0v) is 11.4. The van der Waals surface area contributed by atoms with Gasteiger partial charge in [0.15, 0.2) is 5.54 Å². The molecule has 1 saturated heterocycles. The molecule has 17 heavy (non-hydrogen) atoms. The van der Waals surface area contributed by atoms with Crippen LogP contribution in [0.25, 0.3) is 0 Å². The molecule has 1 rings (SSSR count). The van der Waals surface area contributed by atoms with Crippen LogP contribution in [-0.2, 0) is 14.3 Å². The van der Waals surface area contributed by atoms with Crippen LogP contribution in [0.2, 0.25) is 0 Å². The van der Waals surface area contributed by atoms with Crippen molar-refractivity contribution in [1.29, 1.82) is 0 Å². The van der Waals surface area contributed by atoms with Gasteiger partial charge in [0, 0.05) is 6.42 Å². The SMILES string of the molecule is CC(C)OC(=O)[C@]1(C[N+](C)(C)C)CCC(=O)N1. The van der Waals surface area contributed by atoms with Gasteiger partial charge in [-0.15, -0.1) is 0 Å². The highest BCUT2D eigenvalue weighted by Gasteiger charge is 2.50. The minimum absolute atomic E-state index is 0.0702. The van der Waals surface area contributed by atoms with E-state index in [-0.39, 0.29) is 18.0 Å². The van der Waals surface area contributed by atoms with Crippen LogP contribution in [0.15, 0.2) is 0 Å². The van der Waals surface area contributed by atoms with E-state index in [1.54, 1.807) is 0 Å². The Hall–Kier alpha value is -1.10. The van der Waals surface area contributed by atoms with Gasteiger partial charge in [0.2, 0.25) is 5.91 Å². The van der Waals surface area contributed by atoms with E-state index in [1.165, 1.54) is 0 Å². The predicted octanol–water partition coefficient (Wildman–Crippen LogP) is 0.293. The highest BCUT2D eigenvalue weighted by atomic mass is 16.5. The van der Waals surface area contributed by atoms with E-state index in [1.807, 2.05) is 35.0 Å². The Morgan fingerprint density at radius 3 is 2.41 bits per heavy atom. The lowest BCUT2D eigenvalue weighted by atomic mass is 9.96. The van der Waals surface area contributed by atoms with Gasteiger partial charge >= 0.3 is 5.97 Å². The summed E-state index contributed by atoms with van der Waals surface area (Å²) in [5.74, 6) is -0.384. The minimum atomic E-state index is -0.848.